The minimum atomic E-state index is -0.637. The number of aliphatic hydroxyl groups is 1. The lowest BCUT2D eigenvalue weighted by Gasteiger charge is -2.41. The average molecular weight is 662 g/mol. The van der Waals surface area contributed by atoms with Gasteiger partial charge in [0.15, 0.2) is 12.5 Å². The van der Waals surface area contributed by atoms with Gasteiger partial charge in [-0.3, -0.25) is 0 Å². The summed E-state index contributed by atoms with van der Waals surface area (Å²) in [7, 11) is 0. The Bertz CT molecular complexity index is 1800. The molecule has 0 saturated carbocycles. The lowest BCUT2D eigenvalue weighted by molar-refractivity contribution is -0.645. The molecule has 0 radical (unpaired) electrons. The second-order valence-corrected chi connectivity index (χ2v) is 12.9. The summed E-state index contributed by atoms with van der Waals surface area (Å²) in [4.78, 5) is 12.4. The van der Waals surface area contributed by atoms with Crippen LogP contribution in [0.3, 0.4) is 0 Å². The fourth-order valence-corrected chi connectivity index (χ4v) is 6.83. The number of aromatic nitrogens is 1. The Morgan fingerprint density at radius 3 is 2.21 bits per heavy atom. The van der Waals surface area contributed by atoms with Crippen LogP contribution in [0, 0.1) is 11.1 Å². The molecule has 1 saturated heterocycles. The number of carbonyl (C=O) groups is 1. The number of rotatable bonds is 11. The predicted molar refractivity (Wildman–Crippen MR) is 186 cm³/mol. The largest absolute Gasteiger partial charge is 0.618 e. The molecule has 246 valence electrons. The fraction of sp³-hybridized carbons (Fsp3) is 0.231. The molecule has 1 fully saturated rings. The van der Waals surface area contributed by atoms with E-state index in [1.54, 1.807) is 6.07 Å². The van der Waals surface area contributed by atoms with E-state index >= 15 is 0 Å². The summed E-state index contributed by atoms with van der Waals surface area (Å²) in [6.45, 7) is 2.94. The Morgan fingerprint density at radius 2 is 1.46 bits per heavy atom. The highest BCUT2D eigenvalue weighted by molar-refractivity contribution is 7.99. The molecule has 0 aliphatic carbocycles. The Labute approximate surface area is 285 Å². The van der Waals surface area contributed by atoms with Gasteiger partial charge < -0.3 is 30.4 Å². The maximum absolute atomic E-state index is 12.4. The number of hydrogen-bond donors (Lipinski definition) is 3. The van der Waals surface area contributed by atoms with Gasteiger partial charge in [0.1, 0.15) is 0 Å². The topological polar surface area (TPSA) is 107 Å². The van der Waals surface area contributed by atoms with Crippen LogP contribution in [0.15, 0.2) is 133 Å². The summed E-state index contributed by atoms with van der Waals surface area (Å²) >= 11 is 1.47. The molecule has 0 unspecified atom stereocenters. The van der Waals surface area contributed by atoms with Gasteiger partial charge in [0.25, 0.3) is 5.03 Å². The number of thioether (sulfide) groups is 1. The number of nitrogens with zero attached hydrogens (tertiary/aromatic N) is 1. The van der Waals surface area contributed by atoms with Gasteiger partial charge in [-0.2, -0.15) is 4.73 Å². The molecular formula is C39H39N3O5S. The Hall–Kier alpha value is -4.67. The molecule has 1 aliphatic rings. The van der Waals surface area contributed by atoms with E-state index in [0.717, 1.165) is 43.7 Å². The summed E-state index contributed by atoms with van der Waals surface area (Å²) in [5.74, 6) is 0.571. The van der Waals surface area contributed by atoms with Gasteiger partial charge >= 0.3 is 6.03 Å². The predicted octanol–water partition coefficient (Wildman–Crippen LogP) is 7.06. The molecule has 6 rings (SSSR count). The van der Waals surface area contributed by atoms with Crippen LogP contribution >= 0.6 is 11.8 Å². The Morgan fingerprint density at radius 1 is 0.771 bits per heavy atom. The third-order valence-electron chi connectivity index (χ3n) is 8.48. The van der Waals surface area contributed by atoms with Crippen molar-refractivity contribution in [1.29, 1.82) is 0 Å². The van der Waals surface area contributed by atoms with Crippen LogP contribution in [0.1, 0.15) is 47.1 Å². The molecule has 5 aromatic rings. The van der Waals surface area contributed by atoms with E-state index in [1.807, 2.05) is 97.1 Å². The molecule has 4 aromatic carbocycles. The molecule has 2 heterocycles. The van der Waals surface area contributed by atoms with E-state index < -0.39 is 6.29 Å². The number of carbonyl (C=O) groups excluding carboxylic acids is 1. The van der Waals surface area contributed by atoms with Crippen molar-refractivity contribution in [2.45, 2.75) is 50.1 Å². The van der Waals surface area contributed by atoms with Crippen LogP contribution < -0.4 is 15.4 Å². The molecule has 4 atom stereocenters. The zero-order valence-corrected chi connectivity index (χ0v) is 27.5. The number of aliphatic hydroxyl groups excluding tert-OH is 1. The van der Waals surface area contributed by atoms with Crippen LogP contribution in [-0.2, 0) is 29.2 Å². The smallest absolute Gasteiger partial charge is 0.315 e. The summed E-state index contributed by atoms with van der Waals surface area (Å²) in [6, 6.07) is 39.0. The highest BCUT2D eigenvalue weighted by atomic mass is 32.2. The van der Waals surface area contributed by atoms with Gasteiger partial charge in [0.2, 0.25) is 0 Å². The van der Waals surface area contributed by atoms with E-state index in [1.165, 1.54) is 18.0 Å². The first-order valence-corrected chi connectivity index (χ1v) is 17.0. The van der Waals surface area contributed by atoms with E-state index in [4.69, 9.17) is 9.47 Å². The first kappa shape index (κ1) is 33.2. The monoisotopic (exact) mass is 661 g/mol. The zero-order chi connectivity index (χ0) is 33.3. The van der Waals surface area contributed by atoms with Crippen molar-refractivity contribution in [2.24, 2.45) is 5.92 Å². The maximum atomic E-state index is 12.4. The summed E-state index contributed by atoms with van der Waals surface area (Å²) in [5, 5.41) is 28.4. The lowest BCUT2D eigenvalue weighted by atomic mass is 9.91. The van der Waals surface area contributed by atoms with Crippen LogP contribution in [0.5, 0.6) is 0 Å². The van der Waals surface area contributed by atoms with Crippen molar-refractivity contribution in [3.05, 3.63) is 161 Å². The van der Waals surface area contributed by atoms with Crippen molar-refractivity contribution in [1.82, 2.24) is 10.6 Å². The molecule has 9 heteroatoms. The minimum Gasteiger partial charge on any atom is -0.618 e. The number of amides is 2. The molecule has 8 nitrogen and oxygen atoms in total. The first-order valence-electron chi connectivity index (χ1n) is 16.0. The lowest BCUT2D eigenvalue weighted by Crippen LogP contribution is -2.39. The standard InChI is InChI=1S/C39H39N3O5S/c1-27-35(26-48-36-15-5-6-20-42(36)45)46-38(47-37(27)31-18-16-29(25-43)17-19-31)34-14-8-13-33(22-34)32-12-7-11-30(21-32)24-41-39(44)40-23-28-9-3-2-4-10-28/h2-22,27,35,37-38,43H,23-26H2,1H3,(H2,40,41,44)/t27-,35+,37+,38+/m0/s1. The van der Waals surface area contributed by atoms with Gasteiger partial charge in [0, 0.05) is 42.5 Å². The second kappa shape index (κ2) is 16.0. The number of hydrogen-bond acceptors (Lipinski definition) is 6. The molecule has 3 N–H and O–H groups in total. The fourth-order valence-electron chi connectivity index (χ4n) is 5.75. The molecule has 1 aliphatic heterocycles. The van der Waals surface area contributed by atoms with Crippen molar-refractivity contribution in [3.63, 3.8) is 0 Å². The van der Waals surface area contributed by atoms with Gasteiger partial charge in [-0.25, -0.2) is 4.79 Å². The SMILES string of the molecule is C[C@H]1[C@@H](CSc2cccc[n+]2[O-])O[C@@H](c2cccc(-c3cccc(CNC(=O)NCc4ccccc4)c3)c2)O[C@H]1c1ccc(CO)cc1. The quantitative estimate of drug-likeness (QED) is 0.0795. The normalized spacial score (nSPS) is 19.0. The average Bonchev–Trinajstić information content (AvgIpc) is 3.14. The number of ether oxygens (including phenoxy) is 2. The number of urea groups is 1. The highest BCUT2D eigenvalue weighted by Crippen LogP contribution is 2.43. The second-order valence-electron chi connectivity index (χ2n) is 11.8. The van der Waals surface area contributed by atoms with Crippen LogP contribution in [0.4, 0.5) is 4.79 Å². The third kappa shape index (κ3) is 8.42. The first-order chi connectivity index (χ1) is 23.5. The van der Waals surface area contributed by atoms with Crippen molar-refractivity contribution >= 4 is 17.8 Å². The Balaban J connectivity index is 1.18. The van der Waals surface area contributed by atoms with Crippen molar-refractivity contribution < 1.29 is 24.1 Å². The summed E-state index contributed by atoms with van der Waals surface area (Å²) in [6.07, 6.45) is 0.399. The zero-order valence-electron chi connectivity index (χ0n) is 26.7. The number of pyridine rings is 1. The number of nitrogens with one attached hydrogen (secondary N) is 2. The van der Waals surface area contributed by atoms with Gasteiger partial charge in [-0.1, -0.05) is 110 Å². The molecule has 2 amide bonds. The molecule has 1 aromatic heterocycles. The van der Waals surface area contributed by atoms with Gasteiger partial charge in [0.05, 0.1) is 18.8 Å². The van der Waals surface area contributed by atoms with Crippen LogP contribution in [0.2, 0.25) is 0 Å². The van der Waals surface area contributed by atoms with E-state index in [0.29, 0.717) is 23.9 Å². The Kier molecular flexibility index (Phi) is 11.0. The molecule has 48 heavy (non-hydrogen) atoms. The highest BCUT2D eigenvalue weighted by Gasteiger charge is 2.38. The van der Waals surface area contributed by atoms with E-state index in [2.05, 4.69) is 35.8 Å². The molecule has 0 bridgehead atoms. The minimum absolute atomic E-state index is 0.00482. The van der Waals surface area contributed by atoms with E-state index in [9.17, 15) is 15.1 Å². The van der Waals surface area contributed by atoms with Gasteiger partial charge in [-0.15, -0.1) is 0 Å². The van der Waals surface area contributed by atoms with Crippen molar-refractivity contribution in [2.75, 3.05) is 5.75 Å². The molecule has 0 spiro atoms. The van der Waals surface area contributed by atoms with Crippen LogP contribution in [-0.4, -0.2) is 23.0 Å². The molecular weight excluding hydrogens is 623 g/mol. The van der Waals surface area contributed by atoms with E-state index in [-0.39, 0.29) is 30.8 Å². The maximum Gasteiger partial charge on any atom is 0.315 e. The van der Waals surface area contributed by atoms with Crippen LogP contribution in [0.25, 0.3) is 11.1 Å². The summed E-state index contributed by atoms with van der Waals surface area (Å²) in [5.41, 5.74) is 6.76. The summed E-state index contributed by atoms with van der Waals surface area (Å²) < 4.78 is 14.2. The number of benzene rings is 4. The van der Waals surface area contributed by atoms with Gasteiger partial charge in [-0.05, 0) is 51.6 Å². The van der Waals surface area contributed by atoms with Crippen molar-refractivity contribution in [3.8, 4) is 11.1 Å². The third-order valence-corrected chi connectivity index (χ3v) is 9.58.